The van der Waals surface area contributed by atoms with Gasteiger partial charge in [-0.1, -0.05) is 17.7 Å². The van der Waals surface area contributed by atoms with Crippen LogP contribution in [0.4, 0.5) is 19.4 Å². The number of rotatable bonds is 4. The van der Waals surface area contributed by atoms with Gasteiger partial charge < -0.3 is 19.3 Å². The molecular weight excluding hydrogens is 470 g/mol. The number of imidazole rings is 1. The molecule has 0 radical (unpaired) electrons. The van der Waals surface area contributed by atoms with Crippen LogP contribution in [0.2, 0.25) is 5.15 Å². The van der Waals surface area contributed by atoms with E-state index in [0.29, 0.717) is 43.3 Å². The second-order valence-electron chi connectivity index (χ2n) is 8.74. The summed E-state index contributed by atoms with van der Waals surface area (Å²) in [5.41, 5.74) is 0.0658. The second kappa shape index (κ2) is 9.21. The summed E-state index contributed by atoms with van der Waals surface area (Å²) in [5, 5.41) is 0.0968. The number of hydrogen-bond acceptors (Lipinski definition) is 7. The highest BCUT2D eigenvalue weighted by atomic mass is 35.5. The fourth-order valence-corrected chi connectivity index (χ4v) is 3.89. The number of aromatic nitrogens is 4. The van der Waals surface area contributed by atoms with Gasteiger partial charge in [-0.2, -0.15) is 4.98 Å². The number of fused-ring (bicyclic) bond motifs is 1. The Hall–Kier alpha value is -3.21. The van der Waals surface area contributed by atoms with Crippen molar-refractivity contribution in [2.24, 2.45) is 0 Å². The summed E-state index contributed by atoms with van der Waals surface area (Å²) in [6.07, 6.45) is -3.26. The summed E-state index contributed by atoms with van der Waals surface area (Å²) in [7, 11) is 1.45. The lowest BCUT2D eigenvalue weighted by Gasteiger charge is -2.36. The normalized spacial score (nSPS) is 14.7. The molecule has 2 aromatic heterocycles. The Morgan fingerprint density at radius 2 is 1.82 bits per heavy atom. The van der Waals surface area contributed by atoms with Gasteiger partial charge in [0, 0.05) is 32.2 Å². The summed E-state index contributed by atoms with van der Waals surface area (Å²) < 4.78 is 39.7. The zero-order chi connectivity index (χ0) is 24.6. The van der Waals surface area contributed by atoms with Crippen LogP contribution in [0.1, 0.15) is 33.0 Å². The maximum absolute atomic E-state index is 13.9. The smallest absolute Gasteiger partial charge is 0.410 e. The maximum Gasteiger partial charge on any atom is 0.410 e. The van der Waals surface area contributed by atoms with Crippen molar-refractivity contribution in [3.05, 3.63) is 35.2 Å². The van der Waals surface area contributed by atoms with Crippen molar-refractivity contribution >= 4 is 34.5 Å². The minimum atomic E-state index is -2.87. The maximum atomic E-state index is 13.9. The summed E-state index contributed by atoms with van der Waals surface area (Å²) >= 11 is 6.27. The molecule has 1 amide bonds. The van der Waals surface area contributed by atoms with E-state index in [1.807, 2.05) is 25.7 Å². The number of hydrogen-bond donors (Lipinski definition) is 0. The number of para-hydroxylation sites is 1. The molecule has 4 rings (SSSR count). The molecule has 0 aliphatic carbocycles. The number of nitrogens with zero attached hydrogens (tertiary/aromatic N) is 6. The number of anilines is 1. The molecule has 9 nitrogen and oxygen atoms in total. The van der Waals surface area contributed by atoms with Crippen LogP contribution in [0.25, 0.3) is 17.0 Å². The van der Waals surface area contributed by atoms with E-state index in [1.54, 1.807) is 29.2 Å². The lowest BCUT2D eigenvalue weighted by atomic mass is 10.2. The third-order valence-corrected chi connectivity index (χ3v) is 5.41. The van der Waals surface area contributed by atoms with Crippen molar-refractivity contribution in [2.45, 2.75) is 32.8 Å². The first-order chi connectivity index (χ1) is 16.1. The fraction of sp³-hybridized carbons (Fsp3) is 0.455. The number of piperazine rings is 1. The van der Waals surface area contributed by atoms with Gasteiger partial charge in [0.15, 0.2) is 5.82 Å². The Balaban J connectivity index is 1.65. The predicted molar refractivity (Wildman–Crippen MR) is 123 cm³/mol. The molecule has 0 bridgehead atoms. The molecule has 0 unspecified atom stereocenters. The number of benzene rings is 1. The van der Waals surface area contributed by atoms with Gasteiger partial charge in [0.1, 0.15) is 27.8 Å². The number of carbonyl (C=O) groups is 1. The summed E-state index contributed by atoms with van der Waals surface area (Å²) in [6, 6.07) is 6.52. The van der Waals surface area contributed by atoms with E-state index in [9.17, 15) is 13.6 Å². The lowest BCUT2D eigenvalue weighted by molar-refractivity contribution is 0.0240. The molecule has 1 aromatic carbocycles. The predicted octanol–water partition coefficient (Wildman–Crippen LogP) is 4.47. The number of halogens is 3. The van der Waals surface area contributed by atoms with E-state index in [2.05, 4.69) is 15.0 Å². The van der Waals surface area contributed by atoms with Crippen LogP contribution in [-0.2, 0) is 4.74 Å². The Kier molecular flexibility index (Phi) is 6.48. The molecule has 3 heterocycles. The van der Waals surface area contributed by atoms with Gasteiger partial charge in [-0.05, 0) is 32.9 Å². The first-order valence-electron chi connectivity index (χ1n) is 10.7. The van der Waals surface area contributed by atoms with Crippen LogP contribution in [0.15, 0.2) is 24.3 Å². The Bertz CT molecular complexity index is 1210. The molecule has 1 aliphatic heterocycles. The van der Waals surface area contributed by atoms with Crippen LogP contribution >= 0.6 is 11.6 Å². The van der Waals surface area contributed by atoms with E-state index in [0.717, 1.165) is 0 Å². The third-order valence-electron chi connectivity index (χ3n) is 5.21. The molecule has 0 spiro atoms. The van der Waals surface area contributed by atoms with Crippen molar-refractivity contribution in [1.82, 2.24) is 24.4 Å². The fourth-order valence-electron chi connectivity index (χ4n) is 3.71. The quantitative estimate of drug-likeness (QED) is 0.494. The number of alkyl halides is 2. The zero-order valence-corrected chi connectivity index (χ0v) is 20.0. The molecule has 0 atom stereocenters. The highest BCUT2D eigenvalue weighted by Gasteiger charge is 2.28. The van der Waals surface area contributed by atoms with E-state index in [-0.39, 0.29) is 22.7 Å². The van der Waals surface area contributed by atoms with Gasteiger partial charge in [0.2, 0.25) is 5.95 Å². The number of amides is 1. The van der Waals surface area contributed by atoms with Crippen LogP contribution < -0.4 is 9.64 Å². The second-order valence-corrected chi connectivity index (χ2v) is 9.12. The molecule has 34 heavy (non-hydrogen) atoms. The first-order valence-corrected chi connectivity index (χ1v) is 11.1. The van der Waals surface area contributed by atoms with Crippen LogP contribution in [-0.4, -0.2) is 69.4 Å². The summed E-state index contributed by atoms with van der Waals surface area (Å²) in [5.74, 6) is 0.285. The van der Waals surface area contributed by atoms with Gasteiger partial charge in [0.25, 0.3) is 6.43 Å². The van der Waals surface area contributed by atoms with Crippen LogP contribution in [0, 0.1) is 0 Å². The molecule has 1 saturated heterocycles. The molecule has 1 aliphatic rings. The standard InChI is InChI=1S/C22H25ClF2N6O3/c1-22(2,3)34-21(32)30-10-8-29(9-11-30)16-12-15(23)26-20(27-16)31-13-6-5-7-14(33-4)17(13)28-19(31)18(24)25/h5-7,12,18H,8-11H2,1-4H3. The Labute approximate surface area is 200 Å². The van der Waals surface area contributed by atoms with Crippen molar-refractivity contribution in [3.63, 3.8) is 0 Å². The highest BCUT2D eigenvalue weighted by Crippen LogP contribution is 2.32. The lowest BCUT2D eigenvalue weighted by Crippen LogP contribution is -2.50. The van der Waals surface area contributed by atoms with Crippen molar-refractivity contribution < 1.29 is 23.0 Å². The highest BCUT2D eigenvalue weighted by molar-refractivity contribution is 6.29. The van der Waals surface area contributed by atoms with Crippen molar-refractivity contribution in [2.75, 3.05) is 38.2 Å². The van der Waals surface area contributed by atoms with Gasteiger partial charge in [-0.25, -0.2) is 23.5 Å². The molecule has 182 valence electrons. The molecule has 0 saturated carbocycles. The van der Waals surface area contributed by atoms with Gasteiger partial charge in [0.05, 0.1) is 12.6 Å². The Morgan fingerprint density at radius 1 is 1.12 bits per heavy atom. The Morgan fingerprint density at radius 3 is 2.44 bits per heavy atom. The van der Waals surface area contributed by atoms with E-state index >= 15 is 0 Å². The van der Waals surface area contributed by atoms with E-state index < -0.39 is 17.9 Å². The number of methoxy groups -OCH3 is 1. The molecule has 3 aromatic rings. The first kappa shape index (κ1) is 23.9. The molecule has 12 heteroatoms. The third kappa shape index (κ3) is 4.84. The average molecular weight is 495 g/mol. The number of ether oxygens (including phenoxy) is 2. The van der Waals surface area contributed by atoms with E-state index in [1.165, 1.54) is 11.7 Å². The van der Waals surface area contributed by atoms with E-state index in [4.69, 9.17) is 21.1 Å². The summed E-state index contributed by atoms with van der Waals surface area (Å²) in [4.78, 5) is 28.7. The minimum Gasteiger partial charge on any atom is -0.494 e. The number of carbonyl (C=O) groups excluding carboxylic acids is 1. The largest absolute Gasteiger partial charge is 0.494 e. The van der Waals surface area contributed by atoms with Gasteiger partial charge in [-0.15, -0.1) is 0 Å². The topological polar surface area (TPSA) is 85.6 Å². The SMILES string of the molecule is COc1cccc2c1nc(C(F)F)n2-c1nc(Cl)cc(N2CCN(C(=O)OC(C)(C)C)CC2)n1. The molecular formula is C22H25ClF2N6O3. The molecule has 0 N–H and O–H groups in total. The monoisotopic (exact) mass is 494 g/mol. The summed E-state index contributed by atoms with van der Waals surface area (Å²) in [6.45, 7) is 7.20. The minimum absolute atomic E-state index is 0.0249. The van der Waals surface area contributed by atoms with Gasteiger partial charge >= 0.3 is 6.09 Å². The van der Waals surface area contributed by atoms with Crippen LogP contribution in [0.5, 0.6) is 5.75 Å². The van der Waals surface area contributed by atoms with Crippen molar-refractivity contribution in [3.8, 4) is 11.7 Å². The average Bonchev–Trinajstić information content (AvgIpc) is 3.18. The van der Waals surface area contributed by atoms with Crippen molar-refractivity contribution in [1.29, 1.82) is 0 Å². The zero-order valence-electron chi connectivity index (χ0n) is 19.3. The molecule has 1 fully saturated rings. The van der Waals surface area contributed by atoms with Gasteiger partial charge in [-0.3, -0.25) is 4.57 Å². The van der Waals surface area contributed by atoms with Crippen LogP contribution in [0.3, 0.4) is 0 Å².